The molecule has 15 heteroatoms. The van der Waals surface area contributed by atoms with E-state index in [0.29, 0.717) is 0 Å². The number of anilines is 1. The van der Waals surface area contributed by atoms with Crippen LogP contribution in [0.25, 0.3) is 33.5 Å². The third-order valence-corrected chi connectivity index (χ3v) is 6.26. The fraction of sp³-hybridized carbons (Fsp3) is 0.200. The lowest BCUT2D eigenvalue weighted by atomic mass is 10.2. The molecule has 3 aromatic carbocycles. The largest absolute Gasteiger partial charge is 0.508 e. The van der Waals surface area contributed by atoms with Gasteiger partial charge in [0.15, 0.2) is 5.82 Å². The molecule has 1 aliphatic heterocycles. The molecule has 6 rings (SSSR count). The number of hydrogen-bond donors (Lipinski definition) is 1. The van der Waals surface area contributed by atoms with E-state index in [1.165, 1.54) is 5.69 Å². The van der Waals surface area contributed by atoms with Crippen molar-refractivity contribution in [3.8, 4) is 17.1 Å². The van der Waals surface area contributed by atoms with Gasteiger partial charge in [-0.1, -0.05) is 12.1 Å². The third-order valence-electron chi connectivity index (χ3n) is 6.26. The summed E-state index contributed by atoms with van der Waals surface area (Å²) in [7, 11) is 2.17. The molecule has 2 aromatic heterocycles. The first-order valence-corrected chi connectivity index (χ1v) is 10.9. The van der Waals surface area contributed by atoms with Crippen molar-refractivity contribution in [2.45, 2.75) is 0 Å². The van der Waals surface area contributed by atoms with Crippen molar-refractivity contribution in [1.29, 1.82) is 0 Å². The maximum Gasteiger partial charge on any atom is 0.160 e. The van der Waals surface area contributed by atoms with Gasteiger partial charge in [-0.3, -0.25) is 0 Å². The summed E-state index contributed by atoms with van der Waals surface area (Å²) in [6.45, 7) is 4.20. The van der Waals surface area contributed by atoms with Gasteiger partial charge in [0.25, 0.3) is 0 Å². The lowest BCUT2D eigenvalue weighted by Gasteiger charge is -2.34. The van der Waals surface area contributed by atoms with Crippen LogP contribution in [-0.4, -0.2) is 89.9 Å². The fourth-order valence-corrected chi connectivity index (χ4v) is 4.44. The number of phenols is 1. The van der Waals surface area contributed by atoms with E-state index in [2.05, 4.69) is 50.5 Å². The maximum atomic E-state index is 9.74. The lowest BCUT2D eigenvalue weighted by molar-refractivity contribution is 0.313. The van der Waals surface area contributed by atoms with Gasteiger partial charge in [0, 0.05) is 37.4 Å². The molecule has 0 bridgehead atoms. The molecule has 0 amide bonds. The molecule has 1 saturated heterocycles. The van der Waals surface area contributed by atoms with Crippen LogP contribution in [0.5, 0.6) is 5.75 Å². The summed E-state index contributed by atoms with van der Waals surface area (Å²) in [6.07, 6.45) is 1.86. The first-order valence-electron chi connectivity index (χ1n) is 10.9. The Morgan fingerprint density at radius 3 is 1.98 bits per heavy atom. The van der Waals surface area contributed by atoms with E-state index in [0.717, 1.165) is 59.6 Å². The molecule has 1 fully saturated rings. The number of imidazole rings is 2. The number of phenolic OH excluding ortho intramolecular Hbond substituents is 1. The third kappa shape index (κ3) is 7.31. The van der Waals surface area contributed by atoms with Gasteiger partial charge in [0.05, 0.1) is 22.1 Å². The topological polar surface area (TPSA) is 220 Å². The Kier molecular flexibility index (Phi) is 17.4. The highest BCUT2D eigenvalue weighted by Gasteiger charge is 2.18. The molecular weight excluding hydrogens is 587 g/mol. The molecule has 11 N–H and O–H groups in total. The highest BCUT2D eigenvalue weighted by molar-refractivity contribution is 5.86. The summed E-state index contributed by atoms with van der Waals surface area (Å²) in [5.41, 5.74) is 6.02. The number of nitrogens with zero attached hydrogens (tertiary/aromatic N) is 6. The Morgan fingerprint density at radius 1 is 0.700 bits per heavy atom. The van der Waals surface area contributed by atoms with E-state index in [1.807, 2.05) is 36.7 Å². The molecule has 40 heavy (non-hydrogen) atoms. The van der Waals surface area contributed by atoms with Crippen molar-refractivity contribution in [3.05, 3.63) is 73.1 Å². The van der Waals surface area contributed by atoms with E-state index in [-0.39, 0.29) is 70.4 Å². The summed E-state index contributed by atoms with van der Waals surface area (Å²) in [4.78, 5) is 14.4. The molecule has 0 spiro atoms. The quantitative estimate of drug-likeness (QED) is 0.309. The summed E-state index contributed by atoms with van der Waals surface area (Å²) in [5, 5.41) is 9.74. The Bertz CT molecular complexity index is 1440. The summed E-state index contributed by atoms with van der Waals surface area (Å²) in [6, 6.07) is 21.8. The number of fused-ring (bicyclic) bond motifs is 2. The van der Waals surface area contributed by atoms with E-state index in [1.54, 1.807) is 12.1 Å². The zero-order valence-corrected chi connectivity index (χ0v) is 24.1. The fourth-order valence-electron chi connectivity index (χ4n) is 4.44. The van der Waals surface area contributed by atoms with Gasteiger partial charge in [0.1, 0.15) is 12.1 Å². The van der Waals surface area contributed by atoms with Crippen LogP contribution in [0, 0.1) is 0 Å². The average molecular weight is 624 g/mol. The zero-order chi connectivity index (χ0) is 21.7. The minimum atomic E-state index is 0. The standard InChI is InChI=1S/C25H24N6O.3ClH.5H2O/c1-28-12-14-29(15-13-28)19-8-11-23-22(16-19)26-17-30(23)31-24-5-3-2-4-21(24)27-25(31)18-6-9-20(32)10-7-18;;;;;;;;/h2-11,16-17,32H,12-15H2,1H3;3*1H;5*1H2. The second kappa shape index (κ2) is 16.8. The molecule has 224 valence electrons. The number of benzene rings is 3. The number of piperazine rings is 1. The van der Waals surface area contributed by atoms with Crippen molar-refractivity contribution < 1.29 is 32.5 Å². The summed E-state index contributed by atoms with van der Waals surface area (Å²) >= 11 is 0. The molecule has 5 aromatic rings. The molecule has 3 heterocycles. The lowest BCUT2D eigenvalue weighted by Crippen LogP contribution is -2.44. The molecule has 1 aliphatic rings. The SMILES string of the molecule is CN1CCN(c2ccc3c(c2)ncn3-n2c(-c3ccc(O)cc3)nc3ccccc32)CC1.Cl.Cl.Cl.O.O.O.O.O. The molecule has 0 radical (unpaired) electrons. The molecule has 0 aliphatic carbocycles. The van der Waals surface area contributed by atoms with E-state index in [9.17, 15) is 5.11 Å². The second-order valence-electron chi connectivity index (χ2n) is 8.34. The van der Waals surface area contributed by atoms with Crippen LogP contribution >= 0.6 is 37.2 Å². The minimum Gasteiger partial charge on any atom is -0.508 e. The van der Waals surface area contributed by atoms with Gasteiger partial charge in [-0.2, -0.15) is 0 Å². The highest BCUT2D eigenvalue weighted by atomic mass is 35.5. The van der Waals surface area contributed by atoms with Crippen molar-refractivity contribution in [2.75, 3.05) is 38.1 Å². The van der Waals surface area contributed by atoms with Crippen molar-refractivity contribution >= 4 is 65.0 Å². The van der Waals surface area contributed by atoms with Gasteiger partial charge in [-0.05, 0) is 61.6 Å². The number of aromatic nitrogens is 4. The van der Waals surface area contributed by atoms with Gasteiger partial charge >= 0.3 is 0 Å². The maximum absolute atomic E-state index is 9.74. The van der Waals surface area contributed by atoms with Crippen LogP contribution in [0.2, 0.25) is 0 Å². The van der Waals surface area contributed by atoms with E-state index in [4.69, 9.17) is 9.97 Å². The molecule has 0 atom stereocenters. The number of para-hydroxylation sites is 2. The van der Waals surface area contributed by atoms with Gasteiger partial charge in [-0.25, -0.2) is 19.3 Å². The number of halogens is 3. The van der Waals surface area contributed by atoms with Crippen LogP contribution in [0.1, 0.15) is 0 Å². The average Bonchev–Trinajstić information content (AvgIpc) is 3.40. The minimum absolute atomic E-state index is 0. The Labute approximate surface area is 249 Å². The molecular formula is C25H37Cl3N6O6. The smallest absolute Gasteiger partial charge is 0.160 e. The number of aromatic hydroxyl groups is 1. The van der Waals surface area contributed by atoms with Crippen LogP contribution in [0.3, 0.4) is 0 Å². The summed E-state index contributed by atoms with van der Waals surface area (Å²) in [5.74, 6) is 1.04. The Hall–Kier alpha value is -3.17. The van der Waals surface area contributed by atoms with Gasteiger partial charge in [-0.15, -0.1) is 37.2 Å². The predicted octanol–water partition coefficient (Wildman–Crippen LogP) is 0.964. The summed E-state index contributed by atoms with van der Waals surface area (Å²) < 4.78 is 4.15. The first-order chi connectivity index (χ1) is 15.7. The van der Waals surface area contributed by atoms with Crippen molar-refractivity contribution in [3.63, 3.8) is 0 Å². The second-order valence-corrected chi connectivity index (χ2v) is 8.34. The molecule has 12 nitrogen and oxygen atoms in total. The first kappa shape index (κ1) is 41.3. The number of rotatable bonds is 3. The highest BCUT2D eigenvalue weighted by Crippen LogP contribution is 2.29. The predicted molar refractivity (Wildman–Crippen MR) is 167 cm³/mol. The molecule has 0 unspecified atom stereocenters. The van der Waals surface area contributed by atoms with Crippen LogP contribution < -0.4 is 4.90 Å². The van der Waals surface area contributed by atoms with E-state index >= 15 is 0 Å². The normalized spacial score (nSPS) is 12.1. The number of hydrogen-bond acceptors (Lipinski definition) is 5. The van der Waals surface area contributed by atoms with E-state index < -0.39 is 0 Å². The van der Waals surface area contributed by atoms with Gasteiger partial charge < -0.3 is 42.3 Å². The van der Waals surface area contributed by atoms with Crippen molar-refractivity contribution in [2.24, 2.45) is 0 Å². The number of likely N-dealkylation sites (N-methyl/N-ethyl adjacent to an activating group) is 1. The van der Waals surface area contributed by atoms with Crippen LogP contribution in [0.15, 0.2) is 73.1 Å². The Morgan fingerprint density at radius 2 is 1.32 bits per heavy atom. The van der Waals surface area contributed by atoms with Gasteiger partial charge in [0.2, 0.25) is 0 Å². The zero-order valence-electron chi connectivity index (χ0n) is 21.6. The monoisotopic (exact) mass is 622 g/mol. The van der Waals surface area contributed by atoms with Crippen molar-refractivity contribution in [1.82, 2.24) is 24.2 Å². The van der Waals surface area contributed by atoms with Crippen LogP contribution in [-0.2, 0) is 0 Å². The molecule has 0 saturated carbocycles. The Balaban J connectivity index is -0.00000171. The van der Waals surface area contributed by atoms with Crippen LogP contribution in [0.4, 0.5) is 5.69 Å².